The van der Waals surface area contributed by atoms with Crippen LogP contribution in [0.15, 0.2) is 43.0 Å². The molecule has 0 aliphatic carbocycles. The number of rotatable bonds is 2. The summed E-state index contributed by atoms with van der Waals surface area (Å²) in [5, 5.41) is 1.32. The van der Waals surface area contributed by atoms with Crippen molar-refractivity contribution in [3.63, 3.8) is 0 Å². The summed E-state index contributed by atoms with van der Waals surface area (Å²) in [5.74, 6) is 0. The number of para-hydroxylation sites is 1. The third-order valence-corrected chi connectivity index (χ3v) is 3.54. The lowest BCUT2D eigenvalue weighted by Crippen LogP contribution is -1.82. The highest BCUT2D eigenvalue weighted by Gasteiger charge is 2.08. The Balaban J connectivity index is 2.74. The summed E-state index contributed by atoms with van der Waals surface area (Å²) in [6, 6.07) is 8.44. The molecule has 1 nitrogen and oxygen atoms in total. The number of benzene rings is 1. The lowest BCUT2D eigenvalue weighted by atomic mass is 10.1. The molecule has 15 heavy (non-hydrogen) atoms. The predicted octanol–water partition coefficient (Wildman–Crippen LogP) is 4.35. The third kappa shape index (κ3) is 1.74. The van der Waals surface area contributed by atoms with E-state index >= 15 is 0 Å². The molecule has 0 atom stereocenters. The molecular weight excluding hydrogens is 297 g/mol. The molecular formula is C13H12IN. The smallest absolute Gasteiger partial charge is 0.0646 e. The highest BCUT2D eigenvalue weighted by Crippen LogP contribution is 2.28. The first-order chi connectivity index (χ1) is 7.25. The largest absolute Gasteiger partial charge is 0.282 e. The number of aryl methyl sites for hydroxylation is 1. The number of hydrogen-bond acceptors (Lipinski definition) is 0. The molecule has 0 saturated heterocycles. The van der Waals surface area contributed by atoms with Crippen LogP contribution in [0.5, 0.6) is 0 Å². The molecule has 1 aromatic carbocycles. The average molecular weight is 309 g/mol. The van der Waals surface area contributed by atoms with Crippen molar-refractivity contribution in [2.75, 3.05) is 0 Å². The fourth-order valence-corrected chi connectivity index (χ4v) is 2.67. The topological polar surface area (TPSA) is 4.93 Å². The van der Waals surface area contributed by atoms with Gasteiger partial charge in [0.05, 0.1) is 34.1 Å². The fraction of sp³-hybridized carbons (Fsp3) is 0.0769. The van der Waals surface area contributed by atoms with Crippen LogP contribution in [0.1, 0.15) is 11.3 Å². The van der Waals surface area contributed by atoms with E-state index in [0.29, 0.717) is 0 Å². The van der Waals surface area contributed by atoms with Crippen LogP contribution in [-0.2, 0) is 0 Å². The first kappa shape index (κ1) is 10.5. The minimum atomic E-state index is 1.23. The van der Waals surface area contributed by atoms with Crippen LogP contribution in [0, 0.1) is 6.92 Å². The van der Waals surface area contributed by atoms with E-state index < -0.39 is 0 Å². The number of nitrogens with zero attached hydrogens (tertiary/aromatic N) is 1. The molecule has 2 rings (SSSR count). The second-order valence-electron chi connectivity index (χ2n) is 3.40. The summed E-state index contributed by atoms with van der Waals surface area (Å²) in [6.07, 6.45) is 5.86. The van der Waals surface area contributed by atoms with Crippen molar-refractivity contribution >= 4 is 39.8 Å². The third-order valence-electron chi connectivity index (χ3n) is 2.51. The first-order valence-electron chi connectivity index (χ1n) is 4.81. The van der Waals surface area contributed by atoms with E-state index in [1.807, 2.05) is 6.08 Å². The minimum Gasteiger partial charge on any atom is -0.282 e. The van der Waals surface area contributed by atoms with E-state index in [-0.39, 0.29) is 0 Å². The van der Waals surface area contributed by atoms with Crippen LogP contribution in [0.3, 0.4) is 0 Å². The highest BCUT2D eigenvalue weighted by atomic mass is 127. The van der Waals surface area contributed by atoms with Crippen molar-refractivity contribution in [1.82, 2.24) is 2.78 Å². The molecule has 0 aliphatic rings. The second kappa shape index (κ2) is 4.23. The normalized spacial score (nSPS) is 11.3. The van der Waals surface area contributed by atoms with Crippen LogP contribution in [0.2, 0.25) is 0 Å². The Bertz CT molecular complexity index is 496. The lowest BCUT2D eigenvalue weighted by molar-refractivity contribution is 1.34. The van der Waals surface area contributed by atoms with Gasteiger partial charge in [-0.05, 0) is 24.6 Å². The van der Waals surface area contributed by atoms with Gasteiger partial charge in [-0.2, -0.15) is 0 Å². The first-order valence-corrected chi connectivity index (χ1v) is 5.77. The fourth-order valence-electron chi connectivity index (χ4n) is 1.73. The number of hydrogen-bond donors (Lipinski definition) is 0. The lowest BCUT2D eigenvalue weighted by Gasteiger charge is -1.96. The zero-order chi connectivity index (χ0) is 10.8. The van der Waals surface area contributed by atoms with Crippen molar-refractivity contribution in [2.45, 2.75) is 6.92 Å². The standard InChI is InChI=1S/C13H12IN/c1-3-4-8-12-10(2)11-7-5-6-9-13(11)15(12)14/h3-9H,1H2,2H3/b8-4-. The maximum Gasteiger partial charge on any atom is 0.0646 e. The van der Waals surface area contributed by atoms with Gasteiger partial charge >= 0.3 is 0 Å². The molecule has 1 aromatic heterocycles. The number of fused-ring (bicyclic) bond motifs is 1. The zero-order valence-electron chi connectivity index (χ0n) is 8.57. The van der Waals surface area contributed by atoms with E-state index in [9.17, 15) is 0 Å². The van der Waals surface area contributed by atoms with Crippen LogP contribution in [0.25, 0.3) is 17.0 Å². The summed E-state index contributed by atoms with van der Waals surface area (Å²) in [5.41, 5.74) is 3.81. The van der Waals surface area contributed by atoms with E-state index in [1.54, 1.807) is 6.08 Å². The van der Waals surface area contributed by atoms with Gasteiger partial charge in [-0.15, -0.1) is 0 Å². The zero-order valence-corrected chi connectivity index (χ0v) is 10.7. The van der Waals surface area contributed by atoms with Gasteiger partial charge in [0.25, 0.3) is 0 Å². The molecule has 2 aromatic rings. The van der Waals surface area contributed by atoms with E-state index in [1.165, 1.54) is 22.2 Å². The van der Waals surface area contributed by atoms with Crippen LogP contribution in [-0.4, -0.2) is 2.78 Å². The summed E-state index contributed by atoms with van der Waals surface area (Å²) >= 11 is 2.33. The molecule has 0 amide bonds. The Morgan fingerprint density at radius 2 is 2.07 bits per heavy atom. The Labute approximate surface area is 104 Å². The molecule has 0 spiro atoms. The molecule has 0 saturated carbocycles. The quantitative estimate of drug-likeness (QED) is 0.574. The molecule has 0 N–H and O–H groups in total. The maximum atomic E-state index is 3.69. The molecule has 1 heterocycles. The average Bonchev–Trinajstić information content (AvgIpc) is 2.51. The Morgan fingerprint density at radius 1 is 1.33 bits per heavy atom. The van der Waals surface area contributed by atoms with Crippen molar-refractivity contribution < 1.29 is 0 Å². The minimum absolute atomic E-state index is 1.23. The van der Waals surface area contributed by atoms with Gasteiger partial charge in [0, 0.05) is 5.39 Å². The molecule has 0 unspecified atom stereocenters. The number of aromatic nitrogens is 1. The highest BCUT2D eigenvalue weighted by molar-refractivity contribution is 14.1. The molecule has 76 valence electrons. The molecule has 0 bridgehead atoms. The van der Waals surface area contributed by atoms with Gasteiger partial charge in [0.15, 0.2) is 0 Å². The summed E-state index contributed by atoms with van der Waals surface area (Å²) < 4.78 is 2.18. The van der Waals surface area contributed by atoms with Gasteiger partial charge in [-0.1, -0.05) is 36.9 Å². The predicted molar refractivity (Wildman–Crippen MR) is 75.3 cm³/mol. The second-order valence-corrected chi connectivity index (χ2v) is 4.37. The van der Waals surface area contributed by atoms with Gasteiger partial charge < -0.3 is 0 Å². The van der Waals surface area contributed by atoms with Crippen molar-refractivity contribution in [1.29, 1.82) is 0 Å². The Morgan fingerprint density at radius 3 is 2.73 bits per heavy atom. The van der Waals surface area contributed by atoms with Crippen molar-refractivity contribution in [2.24, 2.45) is 0 Å². The Kier molecular flexibility index (Phi) is 2.95. The van der Waals surface area contributed by atoms with Crippen LogP contribution >= 0.6 is 22.9 Å². The molecule has 2 heteroatoms. The monoisotopic (exact) mass is 309 g/mol. The van der Waals surface area contributed by atoms with Crippen LogP contribution < -0.4 is 0 Å². The van der Waals surface area contributed by atoms with Gasteiger partial charge in [-0.3, -0.25) is 2.78 Å². The van der Waals surface area contributed by atoms with Crippen molar-refractivity contribution in [3.05, 3.63) is 54.3 Å². The maximum absolute atomic E-state index is 3.69. The van der Waals surface area contributed by atoms with E-state index in [4.69, 9.17) is 0 Å². The Hall–Kier alpha value is -1.03. The summed E-state index contributed by atoms with van der Waals surface area (Å²) in [4.78, 5) is 0. The van der Waals surface area contributed by atoms with Crippen molar-refractivity contribution in [3.8, 4) is 0 Å². The van der Waals surface area contributed by atoms with Crippen LogP contribution in [0.4, 0.5) is 0 Å². The molecule has 0 fully saturated rings. The van der Waals surface area contributed by atoms with Gasteiger partial charge in [-0.25, -0.2) is 0 Å². The summed E-state index contributed by atoms with van der Waals surface area (Å²) in [7, 11) is 0. The number of halogens is 1. The van der Waals surface area contributed by atoms with Gasteiger partial charge in [0.2, 0.25) is 0 Å². The van der Waals surface area contributed by atoms with E-state index in [2.05, 4.69) is 69.5 Å². The SMILES string of the molecule is C=C/C=C\c1c(C)c2ccccc2n1I. The summed E-state index contributed by atoms with van der Waals surface area (Å²) in [6.45, 7) is 5.84. The van der Waals surface area contributed by atoms with E-state index in [0.717, 1.165) is 0 Å². The number of allylic oxidation sites excluding steroid dienone is 2. The molecule has 0 aliphatic heterocycles. The van der Waals surface area contributed by atoms with Gasteiger partial charge in [0.1, 0.15) is 0 Å². The molecule has 0 radical (unpaired) electrons.